The van der Waals surface area contributed by atoms with Crippen LogP contribution in [0.5, 0.6) is 0 Å². The highest BCUT2D eigenvalue weighted by Gasteiger charge is 2.22. The molecule has 1 saturated heterocycles. The first-order chi connectivity index (χ1) is 8.34. The van der Waals surface area contributed by atoms with E-state index in [-0.39, 0.29) is 5.54 Å². The summed E-state index contributed by atoms with van der Waals surface area (Å²) in [5, 5.41) is 12.0. The maximum atomic E-state index is 4.28. The average Bonchev–Trinajstić information content (AvgIpc) is 2.63. The second-order valence-electron chi connectivity index (χ2n) is 6.49. The summed E-state index contributed by atoms with van der Waals surface area (Å²) in [4.78, 5) is 2.45. The number of hydrogen-bond donors (Lipinski definition) is 1. The van der Waals surface area contributed by atoms with Gasteiger partial charge in [-0.3, -0.25) is 4.90 Å². The number of nitrogens with zero attached hydrogens (tertiary/aromatic N) is 4. The summed E-state index contributed by atoms with van der Waals surface area (Å²) in [5.74, 6) is 0. The van der Waals surface area contributed by atoms with Gasteiger partial charge in [-0.05, 0) is 34.6 Å². The molecule has 0 spiro atoms. The van der Waals surface area contributed by atoms with Gasteiger partial charge in [-0.25, -0.2) is 4.68 Å². The van der Waals surface area contributed by atoms with E-state index in [1.54, 1.807) is 0 Å². The molecule has 1 aliphatic rings. The smallest absolute Gasteiger partial charge is 0.0967 e. The molecule has 2 unspecified atom stereocenters. The quantitative estimate of drug-likeness (QED) is 0.858. The number of aromatic nitrogens is 3. The van der Waals surface area contributed by atoms with Crippen LogP contribution in [0.15, 0.2) is 6.20 Å². The molecule has 102 valence electrons. The zero-order valence-corrected chi connectivity index (χ0v) is 12.1. The fourth-order valence-electron chi connectivity index (χ4n) is 2.50. The third-order valence-corrected chi connectivity index (χ3v) is 3.25. The Morgan fingerprint density at radius 2 is 1.89 bits per heavy atom. The molecule has 0 amide bonds. The van der Waals surface area contributed by atoms with Crippen molar-refractivity contribution in [3.05, 3.63) is 11.9 Å². The molecule has 1 aromatic rings. The molecule has 0 aromatic carbocycles. The summed E-state index contributed by atoms with van der Waals surface area (Å²) < 4.78 is 1.94. The first-order valence-corrected chi connectivity index (χ1v) is 6.74. The highest BCUT2D eigenvalue weighted by atomic mass is 15.4. The van der Waals surface area contributed by atoms with Gasteiger partial charge in [0.1, 0.15) is 0 Å². The van der Waals surface area contributed by atoms with Crippen molar-refractivity contribution in [3.8, 4) is 0 Å². The molecule has 2 heterocycles. The Morgan fingerprint density at radius 1 is 1.28 bits per heavy atom. The van der Waals surface area contributed by atoms with Gasteiger partial charge in [0, 0.05) is 31.7 Å². The Balaban J connectivity index is 1.99. The van der Waals surface area contributed by atoms with E-state index in [4.69, 9.17) is 0 Å². The van der Waals surface area contributed by atoms with Crippen LogP contribution in [0.3, 0.4) is 0 Å². The van der Waals surface area contributed by atoms with Gasteiger partial charge in [0.2, 0.25) is 0 Å². The van der Waals surface area contributed by atoms with Crippen molar-refractivity contribution in [2.75, 3.05) is 13.1 Å². The summed E-state index contributed by atoms with van der Waals surface area (Å²) >= 11 is 0. The van der Waals surface area contributed by atoms with Crippen LogP contribution in [0, 0.1) is 0 Å². The molecule has 0 bridgehead atoms. The summed E-state index contributed by atoms with van der Waals surface area (Å²) in [6.07, 6.45) is 2.07. The summed E-state index contributed by atoms with van der Waals surface area (Å²) in [7, 11) is 0. The molecule has 5 nitrogen and oxygen atoms in total. The third-order valence-electron chi connectivity index (χ3n) is 3.25. The Kier molecular flexibility index (Phi) is 3.73. The van der Waals surface area contributed by atoms with E-state index in [2.05, 4.69) is 61.3 Å². The lowest BCUT2D eigenvalue weighted by Crippen LogP contribution is -2.53. The molecular weight excluding hydrogens is 226 g/mol. The molecule has 18 heavy (non-hydrogen) atoms. The van der Waals surface area contributed by atoms with Gasteiger partial charge in [0.15, 0.2) is 0 Å². The molecule has 1 aliphatic heterocycles. The van der Waals surface area contributed by atoms with E-state index in [0.717, 1.165) is 25.3 Å². The molecule has 2 atom stereocenters. The fourth-order valence-corrected chi connectivity index (χ4v) is 2.50. The third kappa shape index (κ3) is 3.29. The van der Waals surface area contributed by atoms with Gasteiger partial charge < -0.3 is 5.32 Å². The summed E-state index contributed by atoms with van der Waals surface area (Å²) in [6.45, 7) is 13.9. The second-order valence-corrected chi connectivity index (χ2v) is 6.49. The van der Waals surface area contributed by atoms with Crippen molar-refractivity contribution in [2.45, 2.75) is 58.8 Å². The second kappa shape index (κ2) is 4.97. The van der Waals surface area contributed by atoms with E-state index in [9.17, 15) is 0 Å². The lowest BCUT2D eigenvalue weighted by molar-refractivity contribution is 0.165. The van der Waals surface area contributed by atoms with Crippen LogP contribution in [0.1, 0.15) is 40.3 Å². The van der Waals surface area contributed by atoms with Crippen LogP contribution in [-0.2, 0) is 12.1 Å². The number of rotatable bonds is 2. The maximum Gasteiger partial charge on any atom is 0.0967 e. The molecular formula is C13H25N5. The van der Waals surface area contributed by atoms with Crippen LogP contribution >= 0.6 is 0 Å². The Labute approximate surface area is 110 Å². The average molecular weight is 251 g/mol. The van der Waals surface area contributed by atoms with Gasteiger partial charge in [0.25, 0.3) is 0 Å². The monoisotopic (exact) mass is 251 g/mol. The molecule has 2 rings (SSSR count). The standard InChI is InChI=1S/C13H25N5/c1-10-6-17(7-11(2)14-10)8-12-9-18(16-15-12)13(3,4)5/h9-11,14H,6-8H2,1-5H3. The minimum atomic E-state index is 0.00921. The number of nitrogens with one attached hydrogen (secondary N) is 1. The van der Waals surface area contributed by atoms with E-state index < -0.39 is 0 Å². The largest absolute Gasteiger partial charge is 0.309 e. The molecule has 0 radical (unpaired) electrons. The van der Waals surface area contributed by atoms with Crippen molar-refractivity contribution in [1.29, 1.82) is 0 Å². The first-order valence-electron chi connectivity index (χ1n) is 6.74. The topological polar surface area (TPSA) is 46.0 Å². The van der Waals surface area contributed by atoms with Crippen molar-refractivity contribution in [2.24, 2.45) is 0 Å². The number of hydrogen-bond acceptors (Lipinski definition) is 4. The van der Waals surface area contributed by atoms with Gasteiger partial charge in [-0.1, -0.05) is 5.21 Å². The van der Waals surface area contributed by atoms with Gasteiger partial charge in [-0.15, -0.1) is 5.10 Å². The molecule has 0 aliphatic carbocycles. The van der Waals surface area contributed by atoms with Gasteiger partial charge in [-0.2, -0.15) is 0 Å². The van der Waals surface area contributed by atoms with E-state index in [0.29, 0.717) is 12.1 Å². The predicted octanol–water partition coefficient (Wildman–Crippen LogP) is 1.22. The molecule has 1 aromatic heterocycles. The normalized spacial score (nSPS) is 26.5. The van der Waals surface area contributed by atoms with Crippen molar-refractivity contribution in [1.82, 2.24) is 25.2 Å². The summed E-state index contributed by atoms with van der Waals surface area (Å²) in [5.41, 5.74) is 1.07. The van der Waals surface area contributed by atoms with E-state index in [1.807, 2.05) is 4.68 Å². The minimum absolute atomic E-state index is 0.00921. The Morgan fingerprint density at radius 3 is 2.39 bits per heavy atom. The van der Waals surface area contributed by atoms with Crippen LogP contribution in [0.4, 0.5) is 0 Å². The van der Waals surface area contributed by atoms with Crippen molar-refractivity contribution in [3.63, 3.8) is 0 Å². The van der Waals surface area contributed by atoms with Gasteiger partial charge >= 0.3 is 0 Å². The van der Waals surface area contributed by atoms with Crippen LogP contribution in [-0.4, -0.2) is 45.1 Å². The SMILES string of the molecule is CC1CN(Cc2cn(C(C)(C)C)nn2)CC(C)N1. The lowest BCUT2D eigenvalue weighted by atomic mass is 10.1. The van der Waals surface area contributed by atoms with E-state index >= 15 is 0 Å². The first kappa shape index (κ1) is 13.5. The molecule has 1 N–H and O–H groups in total. The highest BCUT2D eigenvalue weighted by molar-refractivity contribution is 4.96. The van der Waals surface area contributed by atoms with Crippen LogP contribution in [0.2, 0.25) is 0 Å². The zero-order valence-electron chi connectivity index (χ0n) is 12.1. The van der Waals surface area contributed by atoms with E-state index in [1.165, 1.54) is 0 Å². The molecule has 0 saturated carbocycles. The maximum absolute atomic E-state index is 4.28. The summed E-state index contributed by atoms with van der Waals surface area (Å²) in [6, 6.07) is 1.10. The Hall–Kier alpha value is -0.940. The number of piperazine rings is 1. The molecule has 1 fully saturated rings. The van der Waals surface area contributed by atoms with Crippen molar-refractivity contribution < 1.29 is 0 Å². The van der Waals surface area contributed by atoms with Crippen molar-refractivity contribution >= 4 is 0 Å². The molecule has 5 heteroatoms. The van der Waals surface area contributed by atoms with Crippen LogP contribution in [0.25, 0.3) is 0 Å². The van der Waals surface area contributed by atoms with Crippen LogP contribution < -0.4 is 5.32 Å². The highest BCUT2D eigenvalue weighted by Crippen LogP contribution is 2.13. The minimum Gasteiger partial charge on any atom is -0.309 e. The zero-order chi connectivity index (χ0) is 13.3. The van der Waals surface area contributed by atoms with Gasteiger partial charge in [0.05, 0.1) is 17.4 Å². The lowest BCUT2D eigenvalue weighted by Gasteiger charge is -2.35. The predicted molar refractivity (Wildman–Crippen MR) is 72.4 cm³/mol. The Bertz CT molecular complexity index is 382. The fraction of sp³-hybridized carbons (Fsp3) is 0.846.